The van der Waals surface area contributed by atoms with Crippen LogP contribution in [0.3, 0.4) is 0 Å². The molecule has 7 heteroatoms. The second kappa shape index (κ2) is 4.75. The molecule has 19 heavy (non-hydrogen) atoms. The van der Waals surface area contributed by atoms with E-state index in [1.165, 1.54) is 24.3 Å². The Morgan fingerprint density at radius 3 is 2.42 bits per heavy atom. The fourth-order valence-corrected chi connectivity index (χ4v) is 1.87. The van der Waals surface area contributed by atoms with Crippen molar-refractivity contribution in [3.63, 3.8) is 0 Å². The Bertz CT molecular complexity index is 577. The molecule has 0 aliphatic carbocycles. The molecule has 2 rings (SSSR count). The summed E-state index contributed by atoms with van der Waals surface area (Å²) in [6.07, 6.45) is -3.50. The molecule has 4 nitrogen and oxygen atoms in total. The Labute approximate surface area is 106 Å². The molecule has 0 saturated carbocycles. The van der Waals surface area contributed by atoms with Crippen LogP contribution in [0.5, 0.6) is 0 Å². The van der Waals surface area contributed by atoms with Crippen LogP contribution in [0.1, 0.15) is 27.5 Å². The number of nitrogens with one attached hydrogen (secondary N) is 1. The molecule has 0 bridgehead atoms. The van der Waals surface area contributed by atoms with Gasteiger partial charge in [-0.05, 0) is 5.56 Å². The molecule has 2 aromatic rings. The smallest absolute Gasteiger partial charge is 0.365 e. The Morgan fingerprint density at radius 1 is 1.26 bits per heavy atom. The van der Waals surface area contributed by atoms with E-state index in [-0.39, 0.29) is 11.1 Å². The third kappa shape index (κ3) is 2.59. The number of rotatable bonds is 3. The normalized spacial score (nSPS) is 13.2. The first-order chi connectivity index (χ1) is 8.91. The summed E-state index contributed by atoms with van der Waals surface area (Å²) < 4.78 is 39.6. The number of aromatic amines is 1. The fourth-order valence-electron chi connectivity index (χ4n) is 1.87. The number of carbonyl (C=O) groups is 1. The van der Waals surface area contributed by atoms with Gasteiger partial charge in [-0.3, -0.25) is 9.89 Å². The quantitative estimate of drug-likeness (QED) is 0.896. The number of hydrogen-bond acceptors (Lipinski definition) is 2. The first-order valence-corrected chi connectivity index (χ1v) is 5.36. The van der Waals surface area contributed by atoms with Crippen LogP contribution < -0.4 is 5.73 Å². The van der Waals surface area contributed by atoms with Crippen molar-refractivity contribution < 1.29 is 18.0 Å². The zero-order chi connectivity index (χ0) is 14.0. The van der Waals surface area contributed by atoms with E-state index in [0.717, 1.165) is 6.20 Å². The van der Waals surface area contributed by atoms with E-state index in [2.05, 4.69) is 10.2 Å². The number of aromatic nitrogens is 2. The molecule has 1 aromatic heterocycles. The van der Waals surface area contributed by atoms with E-state index < -0.39 is 23.7 Å². The Kier molecular flexibility index (Phi) is 3.28. The van der Waals surface area contributed by atoms with Crippen LogP contribution in [-0.4, -0.2) is 22.3 Å². The molecule has 1 amide bonds. The Hall–Kier alpha value is -2.31. The van der Waals surface area contributed by atoms with Crippen molar-refractivity contribution in [3.05, 3.63) is 53.3 Å². The van der Waals surface area contributed by atoms with Gasteiger partial charge in [0.2, 0.25) is 0 Å². The maximum Gasteiger partial charge on any atom is 0.401 e. The monoisotopic (exact) mass is 269 g/mol. The molecule has 1 aromatic carbocycles. The molecule has 0 spiro atoms. The zero-order valence-corrected chi connectivity index (χ0v) is 9.61. The summed E-state index contributed by atoms with van der Waals surface area (Å²) in [7, 11) is 0. The summed E-state index contributed by atoms with van der Waals surface area (Å²) in [6, 6.07) is 7.25. The number of hydrogen-bond donors (Lipinski definition) is 2. The third-order valence-electron chi connectivity index (χ3n) is 2.67. The molecule has 0 fully saturated rings. The molecular weight excluding hydrogens is 259 g/mol. The van der Waals surface area contributed by atoms with Crippen LogP contribution in [-0.2, 0) is 0 Å². The highest BCUT2D eigenvalue weighted by Crippen LogP contribution is 2.40. The van der Waals surface area contributed by atoms with Crippen LogP contribution in [0.15, 0.2) is 36.5 Å². The number of primary amides is 1. The molecule has 0 saturated heterocycles. The van der Waals surface area contributed by atoms with E-state index >= 15 is 0 Å². The average Bonchev–Trinajstić information content (AvgIpc) is 2.77. The highest BCUT2D eigenvalue weighted by atomic mass is 19.4. The summed E-state index contributed by atoms with van der Waals surface area (Å²) in [6.45, 7) is 0. The fraction of sp³-hybridized carbons (Fsp3) is 0.167. The number of carbonyl (C=O) groups excluding carboxylic acids is 1. The highest BCUT2D eigenvalue weighted by Gasteiger charge is 2.44. The van der Waals surface area contributed by atoms with Gasteiger partial charge in [-0.2, -0.15) is 18.3 Å². The van der Waals surface area contributed by atoms with Gasteiger partial charge < -0.3 is 5.73 Å². The highest BCUT2D eigenvalue weighted by molar-refractivity contribution is 5.94. The number of halogens is 3. The van der Waals surface area contributed by atoms with Crippen LogP contribution in [0.4, 0.5) is 13.2 Å². The predicted molar refractivity (Wildman–Crippen MR) is 61.4 cm³/mol. The van der Waals surface area contributed by atoms with Crippen LogP contribution >= 0.6 is 0 Å². The van der Waals surface area contributed by atoms with Crippen LogP contribution in [0, 0.1) is 0 Å². The van der Waals surface area contributed by atoms with Gasteiger partial charge in [0.05, 0.1) is 11.3 Å². The molecule has 1 unspecified atom stereocenters. The van der Waals surface area contributed by atoms with Gasteiger partial charge in [0.1, 0.15) is 5.92 Å². The average molecular weight is 269 g/mol. The number of amides is 1. The van der Waals surface area contributed by atoms with Gasteiger partial charge in [-0.25, -0.2) is 0 Å². The van der Waals surface area contributed by atoms with Crippen LogP contribution in [0.2, 0.25) is 0 Å². The molecule has 100 valence electrons. The Morgan fingerprint density at radius 2 is 1.89 bits per heavy atom. The molecule has 1 atom stereocenters. The lowest BCUT2D eigenvalue weighted by molar-refractivity contribution is -0.141. The Balaban J connectivity index is 2.57. The lowest BCUT2D eigenvalue weighted by Gasteiger charge is -2.19. The van der Waals surface area contributed by atoms with Gasteiger partial charge in [-0.15, -0.1) is 0 Å². The van der Waals surface area contributed by atoms with Gasteiger partial charge in [0.25, 0.3) is 5.91 Å². The summed E-state index contributed by atoms with van der Waals surface area (Å²) in [5.41, 5.74) is 4.39. The first-order valence-electron chi connectivity index (χ1n) is 5.36. The summed E-state index contributed by atoms with van der Waals surface area (Å²) in [5.74, 6) is -2.93. The van der Waals surface area contributed by atoms with Crippen LogP contribution in [0.25, 0.3) is 0 Å². The first kappa shape index (κ1) is 13.1. The van der Waals surface area contributed by atoms with Gasteiger partial charge in [-0.1, -0.05) is 30.3 Å². The van der Waals surface area contributed by atoms with Crippen molar-refractivity contribution in [1.29, 1.82) is 0 Å². The van der Waals surface area contributed by atoms with E-state index in [0.29, 0.717) is 0 Å². The zero-order valence-electron chi connectivity index (χ0n) is 9.61. The molecule has 0 aliphatic rings. The van der Waals surface area contributed by atoms with E-state index in [1.54, 1.807) is 6.07 Å². The SMILES string of the molecule is NC(=O)c1c[nH]nc1C(c1ccccc1)C(F)(F)F. The number of benzene rings is 1. The summed E-state index contributed by atoms with van der Waals surface area (Å²) >= 11 is 0. The summed E-state index contributed by atoms with van der Waals surface area (Å²) in [4.78, 5) is 11.1. The van der Waals surface area contributed by atoms with Crippen molar-refractivity contribution in [2.24, 2.45) is 5.73 Å². The van der Waals surface area contributed by atoms with E-state index in [4.69, 9.17) is 5.73 Å². The predicted octanol–water partition coefficient (Wildman–Crippen LogP) is 2.20. The van der Waals surface area contributed by atoms with Crippen molar-refractivity contribution in [1.82, 2.24) is 10.2 Å². The van der Waals surface area contributed by atoms with Crippen molar-refractivity contribution >= 4 is 5.91 Å². The number of nitrogens with two attached hydrogens (primary N) is 1. The maximum absolute atomic E-state index is 13.2. The van der Waals surface area contributed by atoms with Crippen molar-refractivity contribution in [2.45, 2.75) is 12.1 Å². The van der Waals surface area contributed by atoms with E-state index in [9.17, 15) is 18.0 Å². The maximum atomic E-state index is 13.2. The van der Waals surface area contributed by atoms with Crippen molar-refractivity contribution in [3.8, 4) is 0 Å². The van der Waals surface area contributed by atoms with Gasteiger partial charge >= 0.3 is 6.18 Å². The molecule has 0 radical (unpaired) electrons. The second-order valence-corrected chi connectivity index (χ2v) is 3.93. The summed E-state index contributed by atoms with van der Waals surface area (Å²) in [5, 5.41) is 5.79. The third-order valence-corrected chi connectivity index (χ3v) is 2.67. The molecule has 3 N–H and O–H groups in total. The molecular formula is C12H10F3N3O. The largest absolute Gasteiger partial charge is 0.401 e. The topological polar surface area (TPSA) is 71.8 Å². The molecule has 1 heterocycles. The lowest BCUT2D eigenvalue weighted by atomic mass is 9.92. The minimum Gasteiger partial charge on any atom is -0.365 e. The number of alkyl halides is 3. The van der Waals surface area contributed by atoms with Gasteiger partial charge in [0, 0.05) is 6.20 Å². The molecule has 0 aliphatic heterocycles. The number of H-pyrrole nitrogens is 1. The van der Waals surface area contributed by atoms with Crippen molar-refractivity contribution in [2.75, 3.05) is 0 Å². The second-order valence-electron chi connectivity index (χ2n) is 3.93. The lowest BCUT2D eigenvalue weighted by Crippen LogP contribution is -2.25. The van der Waals surface area contributed by atoms with E-state index in [1.807, 2.05) is 0 Å². The number of nitrogens with zero attached hydrogens (tertiary/aromatic N) is 1. The minimum absolute atomic E-state index is 0.00426. The minimum atomic E-state index is -4.57. The van der Waals surface area contributed by atoms with Gasteiger partial charge in [0.15, 0.2) is 0 Å². The standard InChI is InChI=1S/C12H10F3N3O/c13-12(14,15)9(7-4-2-1-3-5-7)10-8(11(16)19)6-17-18-10/h1-6,9H,(H2,16,19)(H,17,18).